The van der Waals surface area contributed by atoms with E-state index in [0.29, 0.717) is 13.1 Å². The number of carbonyl (C=O) groups is 1. The van der Waals surface area contributed by atoms with Crippen LogP contribution in [0.3, 0.4) is 0 Å². The van der Waals surface area contributed by atoms with E-state index < -0.39 is 0 Å². The van der Waals surface area contributed by atoms with Gasteiger partial charge in [0.05, 0.1) is 19.6 Å². The van der Waals surface area contributed by atoms with Crippen LogP contribution in [0, 0.1) is 11.8 Å². The van der Waals surface area contributed by atoms with E-state index in [0.717, 1.165) is 43.5 Å². The van der Waals surface area contributed by atoms with Gasteiger partial charge in [-0.05, 0) is 49.8 Å². The Kier molecular flexibility index (Phi) is 9.45. The first-order valence-electron chi connectivity index (χ1n) is 10.4. The van der Waals surface area contributed by atoms with Gasteiger partial charge in [0.15, 0.2) is 5.96 Å². The summed E-state index contributed by atoms with van der Waals surface area (Å²) < 4.78 is 4.96. The highest BCUT2D eigenvalue weighted by Crippen LogP contribution is 2.24. The molecule has 0 bridgehead atoms. The second-order valence-electron chi connectivity index (χ2n) is 7.75. The van der Waals surface area contributed by atoms with Gasteiger partial charge in [-0.2, -0.15) is 0 Å². The van der Waals surface area contributed by atoms with E-state index in [1.54, 1.807) is 0 Å². The van der Waals surface area contributed by atoms with Gasteiger partial charge in [-0.1, -0.05) is 6.92 Å². The number of pyridine rings is 1. The molecule has 0 aliphatic carbocycles. The van der Waals surface area contributed by atoms with Crippen LogP contribution < -0.4 is 10.2 Å². The van der Waals surface area contributed by atoms with E-state index in [4.69, 9.17) is 9.73 Å². The molecule has 0 radical (unpaired) electrons. The summed E-state index contributed by atoms with van der Waals surface area (Å²) in [7, 11) is 1.46. The van der Waals surface area contributed by atoms with E-state index >= 15 is 0 Å². The van der Waals surface area contributed by atoms with Crippen LogP contribution >= 0.6 is 24.0 Å². The molecular weight excluding hydrogens is 481 g/mol. The number of hydrogen-bond donors (Lipinski definition) is 1. The second kappa shape index (κ2) is 11.6. The monoisotopic (exact) mass is 515 g/mol. The Labute approximate surface area is 191 Å². The molecule has 1 aromatic heterocycles. The number of anilines is 1. The molecule has 2 fully saturated rings. The Morgan fingerprint density at radius 1 is 1.31 bits per heavy atom. The molecular formula is C21H34IN5O2. The van der Waals surface area contributed by atoms with Gasteiger partial charge < -0.3 is 19.9 Å². The predicted molar refractivity (Wildman–Crippen MR) is 127 cm³/mol. The van der Waals surface area contributed by atoms with Crippen molar-refractivity contribution >= 4 is 41.7 Å². The molecule has 7 nitrogen and oxygen atoms in total. The molecule has 29 heavy (non-hydrogen) atoms. The van der Waals surface area contributed by atoms with Crippen LogP contribution in [0.2, 0.25) is 0 Å². The largest absolute Gasteiger partial charge is 0.469 e. The molecule has 3 rings (SSSR count). The zero-order valence-electron chi connectivity index (χ0n) is 17.8. The summed E-state index contributed by atoms with van der Waals surface area (Å²) in [5.74, 6) is 1.93. The van der Waals surface area contributed by atoms with Crippen molar-refractivity contribution in [2.75, 3.05) is 44.7 Å². The molecule has 1 N–H and O–H groups in total. The smallest absolute Gasteiger partial charge is 0.310 e. The van der Waals surface area contributed by atoms with E-state index in [1.807, 2.05) is 12.3 Å². The number of ether oxygens (including phenoxy) is 1. The number of hydrogen-bond acceptors (Lipinski definition) is 5. The van der Waals surface area contributed by atoms with Crippen molar-refractivity contribution < 1.29 is 9.53 Å². The number of guanidine groups is 1. The molecule has 2 saturated heterocycles. The highest BCUT2D eigenvalue weighted by molar-refractivity contribution is 14.0. The first-order valence-corrected chi connectivity index (χ1v) is 10.4. The lowest BCUT2D eigenvalue weighted by Gasteiger charge is -2.27. The molecule has 2 atom stereocenters. The fraction of sp³-hybridized carbons (Fsp3) is 0.667. The average Bonchev–Trinajstić information content (AvgIpc) is 3.13. The number of aromatic nitrogens is 1. The molecule has 8 heteroatoms. The highest BCUT2D eigenvalue weighted by Gasteiger charge is 2.36. The Bertz CT molecular complexity index is 693. The molecule has 2 aliphatic heterocycles. The van der Waals surface area contributed by atoms with Gasteiger partial charge in [0, 0.05) is 38.9 Å². The van der Waals surface area contributed by atoms with Gasteiger partial charge in [0.1, 0.15) is 5.82 Å². The van der Waals surface area contributed by atoms with Crippen LogP contribution in [0.5, 0.6) is 0 Å². The van der Waals surface area contributed by atoms with Gasteiger partial charge in [-0.15, -0.1) is 24.0 Å². The van der Waals surface area contributed by atoms with Crippen molar-refractivity contribution in [2.45, 2.75) is 39.7 Å². The number of aliphatic imine (C=N–C) groups is 1. The zero-order chi connectivity index (χ0) is 19.9. The van der Waals surface area contributed by atoms with Crippen LogP contribution in [-0.2, 0) is 16.1 Å². The number of rotatable bonds is 5. The van der Waals surface area contributed by atoms with Gasteiger partial charge in [0.2, 0.25) is 0 Å². The zero-order valence-corrected chi connectivity index (χ0v) is 20.1. The number of halogens is 1. The van der Waals surface area contributed by atoms with Crippen molar-refractivity contribution in [3.63, 3.8) is 0 Å². The molecule has 1 aromatic rings. The summed E-state index contributed by atoms with van der Waals surface area (Å²) in [5, 5.41) is 3.37. The number of piperidine rings is 1. The summed E-state index contributed by atoms with van der Waals surface area (Å²) >= 11 is 0. The van der Waals surface area contributed by atoms with Gasteiger partial charge in [-0.25, -0.2) is 9.98 Å². The Morgan fingerprint density at radius 2 is 2.07 bits per heavy atom. The fourth-order valence-electron chi connectivity index (χ4n) is 4.04. The molecule has 0 amide bonds. The van der Waals surface area contributed by atoms with Gasteiger partial charge in [-0.3, -0.25) is 4.79 Å². The third kappa shape index (κ3) is 6.20. The average molecular weight is 515 g/mol. The Hall–Kier alpha value is -1.58. The first kappa shape index (κ1) is 23.7. The number of methoxy groups -OCH3 is 1. The minimum Gasteiger partial charge on any atom is -0.469 e. The summed E-state index contributed by atoms with van der Waals surface area (Å²) in [5.41, 5.74) is 1.16. The van der Waals surface area contributed by atoms with Crippen molar-refractivity contribution in [3.8, 4) is 0 Å². The molecule has 0 aromatic carbocycles. The topological polar surface area (TPSA) is 70.1 Å². The summed E-state index contributed by atoms with van der Waals surface area (Å²) in [6.07, 6.45) is 5.67. The maximum absolute atomic E-state index is 12.0. The van der Waals surface area contributed by atoms with E-state index in [2.05, 4.69) is 40.0 Å². The van der Waals surface area contributed by atoms with Crippen LogP contribution in [0.1, 0.15) is 38.7 Å². The standard InChI is InChI=1S/C21H33N5O2.HI/c1-4-22-21(26-14-16(2)18(15-26)20(27)28-3)24-13-17-8-9-23-19(12-17)25-10-6-5-7-11-25;/h8-9,12,16,18H,4-7,10-11,13-15H2,1-3H3,(H,22,24);1H. The van der Waals surface area contributed by atoms with E-state index in [9.17, 15) is 4.79 Å². The van der Waals surface area contributed by atoms with Crippen molar-refractivity contribution in [1.82, 2.24) is 15.2 Å². The van der Waals surface area contributed by atoms with Crippen molar-refractivity contribution in [3.05, 3.63) is 23.9 Å². The number of esters is 1. The maximum atomic E-state index is 12.0. The van der Waals surface area contributed by atoms with Crippen LogP contribution in [-0.4, -0.2) is 61.6 Å². The normalized spacial score (nSPS) is 22.2. The lowest BCUT2D eigenvalue weighted by molar-refractivity contribution is -0.145. The van der Waals surface area contributed by atoms with E-state index in [1.165, 1.54) is 26.4 Å². The predicted octanol–water partition coefficient (Wildman–Crippen LogP) is 2.90. The van der Waals surface area contributed by atoms with E-state index in [-0.39, 0.29) is 41.8 Å². The summed E-state index contributed by atoms with van der Waals surface area (Å²) in [6, 6.07) is 4.19. The SMILES string of the molecule is CCNC(=NCc1ccnc(N2CCCCC2)c1)N1CC(C)C(C(=O)OC)C1.I. The maximum Gasteiger partial charge on any atom is 0.310 e. The summed E-state index contributed by atoms with van der Waals surface area (Å²) in [6.45, 7) is 9.18. The van der Waals surface area contributed by atoms with Crippen LogP contribution in [0.25, 0.3) is 0 Å². The second-order valence-corrected chi connectivity index (χ2v) is 7.75. The molecule has 162 valence electrons. The minimum atomic E-state index is -0.133. The third-order valence-corrected chi connectivity index (χ3v) is 5.65. The fourth-order valence-corrected chi connectivity index (χ4v) is 4.04. The highest BCUT2D eigenvalue weighted by atomic mass is 127. The summed E-state index contributed by atoms with van der Waals surface area (Å²) in [4.78, 5) is 25.9. The quantitative estimate of drug-likeness (QED) is 0.282. The van der Waals surface area contributed by atoms with Gasteiger partial charge in [0.25, 0.3) is 0 Å². The minimum absolute atomic E-state index is 0. The number of likely N-dealkylation sites (tertiary alicyclic amines) is 1. The molecule has 2 unspecified atom stereocenters. The lowest BCUT2D eigenvalue weighted by Crippen LogP contribution is -2.40. The number of nitrogens with zero attached hydrogens (tertiary/aromatic N) is 4. The van der Waals surface area contributed by atoms with Crippen molar-refractivity contribution in [2.24, 2.45) is 16.8 Å². The van der Waals surface area contributed by atoms with Crippen LogP contribution in [0.4, 0.5) is 5.82 Å². The van der Waals surface area contributed by atoms with Crippen LogP contribution in [0.15, 0.2) is 23.3 Å². The third-order valence-electron chi connectivity index (χ3n) is 5.65. The Morgan fingerprint density at radius 3 is 2.76 bits per heavy atom. The molecule has 0 spiro atoms. The molecule has 0 saturated carbocycles. The van der Waals surface area contributed by atoms with Crippen molar-refractivity contribution in [1.29, 1.82) is 0 Å². The van der Waals surface area contributed by atoms with Gasteiger partial charge >= 0.3 is 5.97 Å². The molecule has 2 aliphatic rings. The number of nitrogens with one attached hydrogen (secondary N) is 1. The molecule has 3 heterocycles. The Balaban J connectivity index is 0.00000300. The number of carbonyl (C=O) groups excluding carboxylic acids is 1. The lowest BCUT2D eigenvalue weighted by atomic mass is 9.99. The first-order chi connectivity index (χ1) is 13.6.